The number of nitrogens with zero attached hydrogens (tertiary/aromatic N) is 4. The van der Waals surface area contributed by atoms with Crippen LogP contribution in [0.3, 0.4) is 0 Å². The number of aromatic nitrogens is 4. The quantitative estimate of drug-likeness (QED) is 0.713. The fourth-order valence-electron chi connectivity index (χ4n) is 2.00. The van der Waals surface area contributed by atoms with E-state index in [2.05, 4.69) is 15.0 Å². The van der Waals surface area contributed by atoms with E-state index in [0.717, 1.165) is 16.8 Å². The summed E-state index contributed by atoms with van der Waals surface area (Å²) >= 11 is 0. The molecule has 2 N–H and O–H groups in total. The second-order valence-electron chi connectivity index (χ2n) is 4.38. The van der Waals surface area contributed by atoms with Gasteiger partial charge in [0.2, 0.25) is 5.95 Å². The smallest absolute Gasteiger partial charge is 0.221 e. The highest BCUT2D eigenvalue weighted by Gasteiger charge is 2.07. The highest BCUT2D eigenvalue weighted by molar-refractivity contribution is 5.78. The summed E-state index contributed by atoms with van der Waals surface area (Å²) in [7, 11) is 1.64. The SMILES string of the molecule is COCCOc1ccc2ncn(-c3ccnc(N)n3)c2c1. The Kier molecular flexibility index (Phi) is 3.65. The van der Waals surface area contributed by atoms with Crippen molar-refractivity contribution in [3.63, 3.8) is 0 Å². The van der Waals surface area contributed by atoms with E-state index in [0.29, 0.717) is 19.0 Å². The Labute approximate surface area is 121 Å². The van der Waals surface area contributed by atoms with E-state index in [1.54, 1.807) is 25.7 Å². The molecule has 1 aromatic carbocycles. The molecule has 0 bridgehead atoms. The van der Waals surface area contributed by atoms with Gasteiger partial charge in [-0.05, 0) is 18.2 Å². The van der Waals surface area contributed by atoms with Crippen LogP contribution in [0.4, 0.5) is 5.95 Å². The van der Waals surface area contributed by atoms with Crippen molar-refractivity contribution in [1.82, 2.24) is 19.5 Å². The van der Waals surface area contributed by atoms with Crippen molar-refractivity contribution in [2.24, 2.45) is 0 Å². The average molecular weight is 285 g/mol. The van der Waals surface area contributed by atoms with E-state index in [1.165, 1.54) is 0 Å². The van der Waals surface area contributed by atoms with Gasteiger partial charge in [0.1, 0.15) is 24.5 Å². The molecule has 0 saturated carbocycles. The van der Waals surface area contributed by atoms with Crippen LogP contribution in [0.2, 0.25) is 0 Å². The Morgan fingerprint density at radius 2 is 2.10 bits per heavy atom. The summed E-state index contributed by atoms with van der Waals surface area (Å²) in [6, 6.07) is 7.47. The first kappa shape index (κ1) is 13.3. The maximum absolute atomic E-state index is 5.63. The lowest BCUT2D eigenvalue weighted by molar-refractivity contribution is 0.146. The van der Waals surface area contributed by atoms with Crippen molar-refractivity contribution in [3.8, 4) is 11.6 Å². The molecule has 0 atom stereocenters. The number of methoxy groups -OCH3 is 1. The van der Waals surface area contributed by atoms with E-state index in [-0.39, 0.29) is 5.95 Å². The zero-order valence-corrected chi connectivity index (χ0v) is 11.6. The van der Waals surface area contributed by atoms with E-state index < -0.39 is 0 Å². The number of nitrogens with two attached hydrogens (primary N) is 1. The molecular formula is C14H15N5O2. The second-order valence-corrected chi connectivity index (χ2v) is 4.38. The molecule has 2 heterocycles. The lowest BCUT2D eigenvalue weighted by atomic mass is 10.3. The molecule has 0 aliphatic carbocycles. The lowest BCUT2D eigenvalue weighted by Gasteiger charge is -2.07. The van der Waals surface area contributed by atoms with E-state index in [4.69, 9.17) is 15.2 Å². The van der Waals surface area contributed by atoms with Crippen LogP contribution in [-0.4, -0.2) is 39.8 Å². The predicted octanol–water partition coefficient (Wildman–Crippen LogP) is 1.42. The van der Waals surface area contributed by atoms with Gasteiger partial charge in [-0.25, -0.2) is 9.97 Å². The Hall–Kier alpha value is -2.67. The molecular weight excluding hydrogens is 270 g/mol. The van der Waals surface area contributed by atoms with Crippen molar-refractivity contribution in [2.75, 3.05) is 26.1 Å². The van der Waals surface area contributed by atoms with Crippen LogP contribution in [-0.2, 0) is 4.74 Å². The minimum absolute atomic E-state index is 0.224. The molecule has 0 spiro atoms. The standard InChI is InChI=1S/C14H15N5O2/c1-20-6-7-21-10-2-3-11-12(8-10)19(9-17-11)13-4-5-16-14(15)18-13/h2-5,8-9H,6-7H2,1H3,(H2,15,16,18). The molecule has 0 radical (unpaired) electrons. The largest absolute Gasteiger partial charge is 0.491 e. The number of imidazole rings is 1. The van der Waals surface area contributed by atoms with Crippen molar-refractivity contribution in [3.05, 3.63) is 36.8 Å². The average Bonchev–Trinajstić information content (AvgIpc) is 2.91. The fourth-order valence-corrected chi connectivity index (χ4v) is 2.00. The monoisotopic (exact) mass is 285 g/mol. The third kappa shape index (κ3) is 2.77. The molecule has 7 heteroatoms. The summed E-state index contributed by atoms with van der Waals surface area (Å²) in [6.07, 6.45) is 3.31. The van der Waals surface area contributed by atoms with Crippen molar-refractivity contribution in [1.29, 1.82) is 0 Å². The van der Waals surface area contributed by atoms with Gasteiger partial charge in [0, 0.05) is 19.4 Å². The highest BCUT2D eigenvalue weighted by Crippen LogP contribution is 2.22. The normalized spacial score (nSPS) is 10.9. The number of nitrogen functional groups attached to an aromatic ring is 1. The van der Waals surface area contributed by atoms with Gasteiger partial charge < -0.3 is 15.2 Å². The number of anilines is 1. The summed E-state index contributed by atoms with van der Waals surface area (Å²) in [4.78, 5) is 12.4. The zero-order valence-electron chi connectivity index (χ0n) is 11.6. The molecule has 0 amide bonds. The summed E-state index contributed by atoms with van der Waals surface area (Å²) in [5.41, 5.74) is 7.37. The minimum atomic E-state index is 0.224. The van der Waals surface area contributed by atoms with Gasteiger partial charge in [-0.15, -0.1) is 0 Å². The number of hydrogen-bond acceptors (Lipinski definition) is 6. The van der Waals surface area contributed by atoms with Gasteiger partial charge in [0.15, 0.2) is 0 Å². The third-order valence-corrected chi connectivity index (χ3v) is 2.98. The molecule has 0 fully saturated rings. The molecule has 0 aliphatic rings. The van der Waals surface area contributed by atoms with E-state index in [1.807, 2.05) is 22.8 Å². The first-order valence-electron chi connectivity index (χ1n) is 6.45. The second kappa shape index (κ2) is 5.76. The number of benzene rings is 1. The van der Waals surface area contributed by atoms with Crippen LogP contribution in [0.15, 0.2) is 36.8 Å². The Bertz CT molecular complexity index is 756. The summed E-state index contributed by atoms with van der Waals surface area (Å²) in [5, 5.41) is 0. The third-order valence-electron chi connectivity index (χ3n) is 2.98. The number of fused-ring (bicyclic) bond motifs is 1. The van der Waals surface area contributed by atoms with Gasteiger partial charge in [0.05, 0.1) is 17.6 Å². The molecule has 108 valence electrons. The molecule has 3 rings (SSSR count). The first-order chi connectivity index (χ1) is 10.3. The van der Waals surface area contributed by atoms with Gasteiger partial charge in [0.25, 0.3) is 0 Å². The maximum Gasteiger partial charge on any atom is 0.221 e. The Morgan fingerprint density at radius 3 is 2.90 bits per heavy atom. The van der Waals surface area contributed by atoms with Crippen molar-refractivity contribution >= 4 is 17.0 Å². The molecule has 2 aromatic heterocycles. The summed E-state index contributed by atoms with van der Waals surface area (Å²) in [6.45, 7) is 1.04. The topological polar surface area (TPSA) is 88.1 Å². The Morgan fingerprint density at radius 1 is 1.19 bits per heavy atom. The van der Waals surface area contributed by atoms with E-state index >= 15 is 0 Å². The molecule has 0 unspecified atom stereocenters. The van der Waals surface area contributed by atoms with E-state index in [9.17, 15) is 0 Å². The summed E-state index contributed by atoms with van der Waals surface area (Å²) < 4.78 is 12.4. The maximum atomic E-state index is 5.63. The van der Waals surface area contributed by atoms with Crippen LogP contribution in [0.1, 0.15) is 0 Å². The van der Waals surface area contributed by atoms with Gasteiger partial charge in [-0.1, -0.05) is 0 Å². The predicted molar refractivity (Wildman–Crippen MR) is 78.4 cm³/mol. The van der Waals surface area contributed by atoms with Gasteiger partial charge >= 0.3 is 0 Å². The van der Waals surface area contributed by atoms with Crippen LogP contribution >= 0.6 is 0 Å². The number of hydrogen-bond donors (Lipinski definition) is 1. The molecule has 3 aromatic rings. The van der Waals surface area contributed by atoms with Crippen LogP contribution in [0.25, 0.3) is 16.9 Å². The van der Waals surface area contributed by atoms with Crippen molar-refractivity contribution < 1.29 is 9.47 Å². The van der Waals surface area contributed by atoms with Crippen molar-refractivity contribution in [2.45, 2.75) is 0 Å². The Balaban J connectivity index is 1.97. The van der Waals surface area contributed by atoms with Gasteiger partial charge in [-0.3, -0.25) is 4.57 Å². The highest BCUT2D eigenvalue weighted by atomic mass is 16.5. The van der Waals surface area contributed by atoms with Crippen LogP contribution < -0.4 is 10.5 Å². The molecule has 21 heavy (non-hydrogen) atoms. The lowest BCUT2D eigenvalue weighted by Crippen LogP contribution is -2.04. The summed E-state index contributed by atoms with van der Waals surface area (Å²) in [5.74, 6) is 1.64. The molecule has 0 saturated heterocycles. The molecule has 7 nitrogen and oxygen atoms in total. The molecule has 0 aliphatic heterocycles. The number of rotatable bonds is 5. The first-order valence-corrected chi connectivity index (χ1v) is 6.45. The van der Waals surface area contributed by atoms with Gasteiger partial charge in [-0.2, -0.15) is 4.98 Å². The number of ether oxygens (including phenoxy) is 2. The zero-order chi connectivity index (χ0) is 14.7. The fraction of sp³-hybridized carbons (Fsp3) is 0.214. The van der Waals surface area contributed by atoms with Crippen LogP contribution in [0, 0.1) is 0 Å². The minimum Gasteiger partial charge on any atom is -0.491 e. The van der Waals surface area contributed by atoms with Crippen LogP contribution in [0.5, 0.6) is 5.75 Å².